The van der Waals surface area contributed by atoms with Gasteiger partial charge in [0.25, 0.3) is 5.91 Å². The van der Waals surface area contributed by atoms with Gasteiger partial charge in [-0.25, -0.2) is 15.0 Å². The molecule has 3 rings (SSSR count). The molecular formula is C16H16N4O2S. The number of rotatable bonds is 4. The van der Waals surface area contributed by atoms with Gasteiger partial charge in [-0.05, 0) is 39.0 Å². The molecule has 6 nitrogen and oxygen atoms in total. The summed E-state index contributed by atoms with van der Waals surface area (Å²) in [6.45, 7) is 5.56. The highest BCUT2D eigenvalue weighted by Crippen LogP contribution is 2.26. The number of nitrogens with zero attached hydrogens (tertiary/aromatic N) is 3. The van der Waals surface area contributed by atoms with Crippen LogP contribution < -0.4 is 5.32 Å². The summed E-state index contributed by atoms with van der Waals surface area (Å²) in [5.41, 5.74) is 0.665. The number of carbonyl (C=O) groups is 1. The molecule has 7 heteroatoms. The van der Waals surface area contributed by atoms with E-state index in [0.29, 0.717) is 21.4 Å². The smallest absolute Gasteiger partial charge is 0.263 e. The van der Waals surface area contributed by atoms with Crippen LogP contribution >= 0.6 is 11.3 Å². The molecule has 118 valence electrons. The van der Waals surface area contributed by atoms with Crippen molar-refractivity contribution in [1.82, 2.24) is 20.3 Å². The average Bonchev–Trinajstić information content (AvgIpc) is 3.14. The van der Waals surface area contributed by atoms with Crippen molar-refractivity contribution in [3.05, 3.63) is 52.7 Å². The summed E-state index contributed by atoms with van der Waals surface area (Å²) in [4.78, 5) is 25.8. The van der Waals surface area contributed by atoms with Crippen LogP contribution in [-0.2, 0) is 0 Å². The molecule has 3 aromatic heterocycles. The van der Waals surface area contributed by atoms with Crippen LogP contribution in [0.15, 0.2) is 35.0 Å². The molecule has 0 radical (unpaired) electrons. The van der Waals surface area contributed by atoms with Gasteiger partial charge in [0, 0.05) is 12.4 Å². The van der Waals surface area contributed by atoms with E-state index in [9.17, 15) is 4.79 Å². The fourth-order valence-corrected chi connectivity index (χ4v) is 3.05. The predicted octanol–water partition coefficient (Wildman–Crippen LogP) is 3.30. The summed E-state index contributed by atoms with van der Waals surface area (Å²) < 4.78 is 5.54. The molecule has 0 aliphatic heterocycles. The summed E-state index contributed by atoms with van der Waals surface area (Å²) in [6, 6.07) is 5.27. The second kappa shape index (κ2) is 6.29. The quantitative estimate of drug-likeness (QED) is 0.794. The van der Waals surface area contributed by atoms with E-state index in [1.165, 1.54) is 11.3 Å². The zero-order valence-corrected chi connectivity index (χ0v) is 13.8. The summed E-state index contributed by atoms with van der Waals surface area (Å²) in [5.74, 6) is 1.89. The van der Waals surface area contributed by atoms with Crippen LogP contribution in [0.4, 0.5) is 0 Å². The Hall–Kier alpha value is -2.54. The fourth-order valence-electron chi connectivity index (χ4n) is 2.13. The monoisotopic (exact) mass is 328 g/mol. The number of hydrogen-bond donors (Lipinski definition) is 1. The van der Waals surface area contributed by atoms with Gasteiger partial charge in [-0.2, -0.15) is 0 Å². The van der Waals surface area contributed by atoms with Gasteiger partial charge in [0.2, 0.25) is 0 Å². The molecule has 0 aliphatic rings. The van der Waals surface area contributed by atoms with E-state index < -0.39 is 0 Å². The molecule has 0 bridgehead atoms. The number of carbonyl (C=O) groups excluding carboxylic acids is 1. The largest absolute Gasteiger partial charge is 0.464 e. The van der Waals surface area contributed by atoms with Crippen molar-refractivity contribution in [3.8, 4) is 10.8 Å². The molecule has 23 heavy (non-hydrogen) atoms. The first-order valence-electron chi connectivity index (χ1n) is 7.16. The minimum absolute atomic E-state index is 0.177. The Balaban J connectivity index is 1.79. The maximum Gasteiger partial charge on any atom is 0.263 e. The van der Waals surface area contributed by atoms with Crippen LogP contribution in [0.2, 0.25) is 0 Å². The third-order valence-corrected chi connectivity index (χ3v) is 4.45. The molecule has 0 saturated heterocycles. The molecular weight excluding hydrogens is 312 g/mol. The lowest BCUT2D eigenvalue weighted by Crippen LogP contribution is -2.26. The highest BCUT2D eigenvalue weighted by Gasteiger charge is 2.20. The maximum absolute atomic E-state index is 12.5. The van der Waals surface area contributed by atoms with Crippen molar-refractivity contribution in [3.63, 3.8) is 0 Å². The van der Waals surface area contributed by atoms with Crippen molar-refractivity contribution in [2.75, 3.05) is 0 Å². The van der Waals surface area contributed by atoms with E-state index in [0.717, 1.165) is 11.5 Å². The maximum atomic E-state index is 12.5. The minimum Gasteiger partial charge on any atom is -0.464 e. The lowest BCUT2D eigenvalue weighted by Gasteiger charge is -2.10. The van der Waals surface area contributed by atoms with E-state index in [4.69, 9.17) is 4.42 Å². The van der Waals surface area contributed by atoms with Crippen molar-refractivity contribution < 1.29 is 9.21 Å². The first-order chi connectivity index (χ1) is 11.0. The summed E-state index contributed by atoms with van der Waals surface area (Å²) in [7, 11) is 0. The Labute approximate surface area is 137 Å². The SMILES string of the molecule is Cc1ccc([C@H](C)NC(=O)c2sc(-c3ncccn3)nc2C)o1. The number of furan rings is 1. The highest BCUT2D eigenvalue weighted by molar-refractivity contribution is 7.17. The van der Waals surface area contributed by atoms with E-state index in [2.05, 4.69) is 20.3 Å². The van der Waals surface area contributed by atoms with Gasteiger partial charge in [0.05, 0.1) is 11.7 Å². The Morgan fingerprint density at radius 2 is 2.00 bits per heavy atom. The molecule has 0 fully saturated rings. The molecule has 1 atom stereocenters. The van der Waals surface area contributed by atoms with Crippen LogP contribution in [-0.4, -0.2) is 20.9 Å². The average molecular weight is 328 g/mol. The highest BCUT2D eigenvalue weighted by atomic mass is 32.1. The molecule has 0 spiro atoms. The normalized spacial score (nSPS) is 12.1. The summed E-state index contributed by atoms with van der Waals surface area (Å²) >= 11 is 1.28. The number of aryl methyl sites for hydroxylation is 2. The number of amides is 1. The van der Waals surface area contributed by atoms with Crippen molar-refractivity contribution in [2.45, 2.75) is 26.8 Å². The van der Waals surface area contributed by atoms with E-state index in [1.807, 2.05) is 26.0 Å². The van der Waals surface area contributed by atoms with Crippen LogP contribution in [0.5, 0.6) is 0 Å². The Morgan fingerprint density at radius 1 is 1.26 bits per heavy atom. The molecule has 0 aliphatic carbocycles. The number of hydrogen-bond acceptors (Lipinski definition) is 6. The first kappa shape index (κ1) is 15.4. The molecule has 1 amide bonds. The third kappa shape index (κ3) is 3.29. The van der Waals surface area contributed by atoms with Crippen molar-refractivity contribution in [1.29, 1.82) is 0 Å². The van der Waals surface area contributed by atoms with Gasteiger partial charge in [0.15, 0.2) is 10.8 Å². The lowest BCUT2D eigenvalue weighted by atomic mass is 10.2. The van der Waals surface area contributed by atoms with Gasteiger partial charge in [-0.1, -0.05) is 0 Å². The second-order valence-corrected chi connectivity index (χ2v) is 6.15. The van der Waals surface area contributed by atoms with Gasteiger partial charge in [0.1, 0.15) is 16.4 Å². The minimum atomic E-state index is -0.214. The van der Waals surface area contributed by atoms with Crippen LogP contribution in [0.25, 0.3) is 10.8 Å². The number of thiazole rings is 1. The van der Waals surface area contributed by atoms with E-state index >= 15 is 0 Å². The Bertz CT molecular complexity index is 826. The molecule has 0 unspecified atom stereocenters. The summed E-state index contributed by atoms with van der Waals surface area (Å²) in [5, 5.41) is 3.56. The zero-order chi connectivity index (χ0) is 16.4. The first-order valence-corrected chi connectivity index (χ1v) is 7.98. The molecule has 1 N–H and O–H groups in total. The molecule has 3 heterocycles. The Kier molecular flexibility index (Phi) is 4.20. The van der Waals surface area contributed by atoms with Crippen LogP contribution in [0, 0.1) is 13.8 Å². The second-order valence-electron chi connectivity index (χ2n) is 5.15. The van der Waals surface area contributed by atoms with Gasteiger partial charge < -0.3 is 9.73 Å². The van der Waals surface area contributed by atoms with E-state index in [1.54, 1.807) is 25.4 Å². The number of nitrogens with one attached hydrogen (secondary N) is 1. The topological polar surface area (TPSA) is 80.9 Å². The fraction of sp³-hybridized carbons (Fsp3) is 0.250. The standard InChI is InChI=1S/C16H16N4O2S/c1-9-5-6-12(22-9)10(2)19-15(21)13-11(3)20-16(23-13)14-17-7-4-8-18-14/h4-8,10H,1-3H3,(H,19,21)/t10-/m0/s1. The molecule has 0 saturated carbocycles. The number of aromatic nitrogens is 3. The molecule has 3 aromatic rings. The summed E-state index contributed by atoms with van der Waals surface area (Å²) in [6.07, 6.45) is 3.31. The third-order valence-electron chi connectivity index (χ3n) is 3.30. The van der Waals surface area contributed by atoms with Crippen molar-refractivity contribution in [2.24, 2.45) is 0 Å². The van der Waals surface area contributed by atoms with Gasteiger partial charge in [-0.3, -0.25) is 4.79 Å². The van der Waals surface area contributed by atoms with E-state index in [-0.39, 0.29) is 11.9 Å². The van der Waals surface area contributed by atoms with Crippen LogP contribution in [0.3, 0.4) is 0 Å². The molecule has 0 aromatic carbocycles. The zero-order valence-electron chi connectivity index (χ0n) is 13.0. The Morgan fingerprint density at radius 3 is 2.65 bits per heavy atom. The predicted molar refractivity (Wildman–Crippen MR) is 87.2 cm³/mol. The van der Waals surface area contributed by atoms with Crippen molar-refractivity contribution >= 4 is 17.2 Å². The van der Waals surface area contributed by atoms with Gasteiger partial charge in [-0.15, -0.1) is 11.3 Å². The van der Waals surface area contributed by atoms with Crippen LogP contribution in [0.1, 0.15) is 39.9 Å². The lowest BCUT2D eigenvalue weighted by molar-refractivity contribution is 0.0938. The van der Waals surface area contributed by atoms with Gasteiger partial charge >= 0.3 is 0 Å².